The number of ketones is 2. The fourth-order valence-corrected chi connectivity index (χ4v) is 2.66. The smallest absolute Gasteiger partial charge is 0.137 e. The molecule has 2 rings (SSSR count). The van der Waals surface area contributed by atoms with Gasteiger partial charge in [0.25, 0.3) is 0 Å². The summed E-state index contributed by atoms with van der Waals surface area (Å²) < 4.78 is 0. The van der Waals surface area contributed by atoms with E-state index in [1.54, 1.807) is 12.1 Å². The molecule has 0 aliphatic heterocycles. The monoisotopic (exact) mass is 284 g/mol. The molecular weight excluding hydrogens is 271 g/mol. The van der Waals surface area contributed by atoms with Crippen molar-refractivity contribution in [2.45, 2.75) is 32.1 Å². The first kappa shape index (κ1) is 13.6. The van der Waals surface area contributed by atoms with Crippen LogP contribution in [0.1, 0.15) is 31.2 Å². The fraction of sp³-hybridized carbons (Fsp3) is 0.429. The van der Waals surface area contributed by atoms with Crippen LogP contribution in [-0.2, 0) is 16.0 Å². The molecule has 0 saturated heterocycles. The first-order chi connectivity index (χ1) is 8.54. The van der Waals surface area contributed by atoms with Crippen LogP contribution in [0.2, 0.25) is 10.0 Å². The molecule has 1 aromatic rings. The third kappa shape index (κ3) is 3.56. The number of hydrogen-bond donors (Lipinski definition) is 0. The zero-order valence-corrected chi connectivity index (χ0v) is 11.4. The molecule has 0 bridgehead atoms. The van der Waals surface area contributed by atoms with Gasteiger partial charge in [-0.1, -0.05) is 29.3 Å². The maximum absolute atomic E-state index is 11.9. The summed E-state index contributed by atoms with van der Waals surface area (Å²) in [5, 5.41) is 0.965. The normalized spacial score (nSPS) is 19.2. The van der Waals surface area contributed by atoms with Crippen LogP contribution >= 0.6 is 23.2 Å². The average Bonchev–Trinajstić information content (AvgIpc) is 2.69. The van der Waals surface area contributed by atoms with Gasteiger partial charge in [0, 0.05) is 25.7 Å². The van der Waals surface area contributed by atoms with Crippen molar-refractivity contribution in [3.8, 4) is 0 Å². The van der Waals surface area contributed by atoms with Crippen LogP contribution in [0.4, 0.5) is 0 Å². The topological polar surface area (TPSA) is 34.1 Å². The van der Waals surface area contributed by atoms with Crippen molar-refractivity contribution < 1.29 is 9.59 Å². The van der Waals surface area contributed by atoms with Gasteiger partial charge in [0.15, 0.2) is 0 Å². The average molecular weight is 285 g/mol. The summed E-state index contributed by atoms with van der Waals surface area (Å²) in [6.07, 6.45) is 2.90. The first-order valence-corrected chi connectivity index (χ1v) is 6.77. The summed E-state index contributed by atoms with van der Waals surface area (Å²) in [5.74, 6) is 0.684. The molecule has 1 aliphatic rings. The predicted molar refractivity (Wildman–Crippen MR) is 72.1 cm³/mol. The summed E-state index contributed by atoms with van der Waals surface area (Å²) in [5.41, 5.74) is 0.874. The number of halogens is 2. The Morgan fingerprint density at radius 3 is 2.67 bits per heavy atom. The first-order valence-electron chi connectivity index (χ1n) is 6.02. The number of benzene rings is 1. The minimum absolute atomic E-state index is 0.160. The van der Waals surface area contributed by atoms with Gasteiger partial charge in [-0.3, -0.25) is 9.59 Å². The molecule has 0 heterocycles. The van der Waals surface area contributed by atoms with Crippen molar-refractivity contribution in [3.63, 3.8) is 0 Å². The molecule has 0 radical (unpaired) electrons. The number of carbonyl (C=O) groups is 2. The Bertz CT molecular complexity index is 483. The van der Waals surface area contributed by atoms with Crippen molar-refractivity contribution in [1.29, 1.82) is 0 Å². The highest BCUT2D eigenvalue weighted by Crippen LogP contribution is 2.27. The summed E-state index contributed by atoms with van der Waals surface area (Å²) in [4.78, 5) is 23.0. The molecule has 0 spiro atoms. The van der Waals surface area contributed by atoms with Gasteiger partial charge < -0.3 is 0 Å². The van der Waals surface area contributed by atoms with E-state index in [9.17, 15) is 9.59 Å². The minimum Gasteiger partial charge on any atom is -0.300 e. The van der Waals surface area contributed by atoms with Crippen molar-refractivity contribution in [1.82, 2.24) is 0 Å². The van der Waals surface area contributed by atoms with Crippen molar-refractivity contribution in [3.05, 3.63) is 33.8 Å². The SMILES string of the molecule is O=C1CCC(CC(=O)Cc2ccc(Cl)c(Cl)c2)C1. The Morgan fingerprint density at radius 1 is 1.28 bits per heavy atom. The Hall–Kier alpha value is -0.860. The van der Waals surface area contributed by atoms with Crippen LogP contribution in [0.25, 0.3) is 0 Å². The highest BCUT2D eigenvalue weighted by atomic mass is 35.5. The second-order valence-corrected chi connectivity index (χ2v) is 5.63. The molecule has 96 valence electrons. The van der Waals surface area contributed by atoms with Crippen LogP contribution in [0.5, 0.6) is 0 Å². The second-order valence-electron chi connectivity index (χ2n) is 4.82. The molecule has 4 heteroatoms. The van der Waals surface area contributed by atoms with Gasteiger partial charge in [0.05, 0.1) is 10.0 Å². The lowest BCUT2D eigenvalue weighted by molar-refractivity contribution is -0.119. The van der Waals surface area contributed by atoms with E-state index in [0.717, 1.165) is 12.0 Å². The second kappa shape index (κ2) is 5.85. The summed E-state index contributed by atoms with van der Waals surface area (Å²) in [6.45, 7) is 0. The lowest BCUT2D eigenvalue weighted by Gasteiger charge is -2.07. The van der Waals surface area contributed by atoms with Crippen LogP contribution in [0.15, 0.2) is 18.2 Å². The number of hydrogen-bond acceptors (Lipinski definition) is 2. The third-order valence-corrected chi connectivity index (χ3v) is 3.99. The minimum atomic E-state index is 0.160. The zero-order valence-electron chi connectivity index (χ0n) is 9.92. The van der Waals surface area contributed by atoms with Gasteiger partial charge in [-0.05, 0) is 30.0 Å². The number of rotatable bonds is 4. The molecule has 1 atom stereocenters. The molecule has 18 heavy (non-hydrogen) atoms. The van der Waals surface area contributed by atoms with Crippen LogP contribution < -0.4 is 0 Å². The maximum Gasteiger partial charge on any atom is 0.137 e. The van der Waals surface area contributed by atoms with Gasteiger partial charge in [0.1, 0.15) is 11.6 Å². The van der Waals surface area contributed by atoms with Gasteiger partial charge in [0.2, 0.25) is 0 Å². The quantitative estimate of drug-likeness (QED) is 0.841. The lowest BCUT2D eigenvalue weighted by Crippen LogP contribution is -2.08. The third-order valence-electron chi connectivity index (χ3n) is 3.25. The van der Waals surface area contributed by atoms with Gasteiger partial charge in [-0.25, -0.2) is 0 Å². The summed E-state index contributed by atoms with van der Waals surface area (Å²) >= 11 is 11.7. The Morgan fingerprint density at radius 2 is 2.06 bits per heavy atom. The highest BCUT2D eigenvalue weighted by molar-refractivity contribution is 6.42. The molecule has 1 fully saturated rings. The van der Waals surface area contributed by atoms with E-state index in [4.69, 9.17) is 23.2 Å². The molecule has 2 nitrogen and oxygen atoms in total. The molecule has 0 aromatic heterocycles. The fourth-order valence-electron chi connectivity index (χ4n) is 2.34. The molecular formula is C14H14Cl2O2. The maximum atomic E-state index is 11.9. The van der Waals surface area contributed by atoms with Crippen molar-refractivity contribution in [2.24, 2.45) is 5.92 Å². The van der Waals surface area contributed by atoms with E-state index < -0.39 is 0 Å². The number of Topliss-reactive ketones (excluding diaryl/α,β-unsaturated/α-hetero) is 2. The largest absolute Gasteiger partial charge is 0.300 e. The Kier molecular flexibility index (Phi) is 4.41. The van der Waals surface area contributed by atoms with Crippen LogP contribution in [-0.4, -0.2) is 11.6 Å². The molecule has 1 aliphatic carbocycles. The van der Waals surface area contributed by atoms with E-state index in [1.807, 2.05) is 6.07 Å². The van der Waals surface area contributed by atoms with Crippen molar-refractivity contribution >= 4 is 34.8 Å². The number of carbonyl (C=O) groups excluding carboxylic acids is 2. The zero-order chi connectivity index (χ0) is 13.1. The summed E-state index contributed by atoms with van der Waals surface area (Å²) in [6, 6.07) is 5.24. The van der Waals surface area contributed by atoms with E-state index in [-0.39, 0.29) is 17.5 Å². The highest BCUT2D eigenvalue weighted by Gasteiger charge is 2.24. The van der Waals surface area contributed by atoms with E-state index in [2.05, 4.69) is 0 Å². The van der Waals surface area contributed by atoms with Gasteiger partial charge >= 0.3 is 0 Å². The van der Waals surface area contributed by atoms with Crippen molar-refractivity contribution in [2.75, 3.05) is 0 Å². The molecule has 0 amide bonds. The van der Waals surface area contributed by atoms with Gasteiger partial charge in [-0.15, -0.1) is 0 Å². The van der Waals surface area contributed by atoms with Crippen LogP contribution in [0, 0.1) is 5.92 Å². The van der Waals surface area contributed by atoms with E-state index in [1.165, 1.54) is 0 Å². The molecule has 1 unspecified atom stereocenters. The Labute approximate surface area is 116 Å². The van der Waals surface area contributed by atoms with E-state index in [0.29, 0.717) is 35.7 Å². The van der Waals surface area contributed by atoms with Gasteiger partial charge in [-0.2, -0.15) is 0 Å². The standard InChI is InChI=1S/C14H14Cl2O2/c15-13-4-2-10(8-14(13)16)7-12(18)6-9-1-3-11(17)5-9/h2,4,8-9H,1,3,5-7H2. The molecule has 1 aromatic carbocycles. The predicted octanol–water partition coefficient (Wildman–Crippen LogP) is 3.86. The molecule has 1 saturated carbocycles. The Balaban J connectivity index is 1.90. The van der Waals surface area contributed by atoms with Crippen LogP contribution in [0.3, 0.4) is 0 Å². The lowest BCUT2D eigenvalue weighted by atomic mass is 9.97. The van der Waals surface area contributed by atoms with E-state index >= 15 is 0 Å². The molecule has 0 N–H and O–H groups in total. The summed E-state index contributed by atoms with van der Waals surface area (Å²) in [7, 11) is 0.